The van der Waals surface area contributed by atoms with Gasteiger partial charge in [-0.3, -0.25) is 4.79 Å². The number of Topliss-reactive ketones (excluding diaryl/α,β-unsaturated/α-hetero) is 1. The van der Waals surface area contributed by atoms with Crippen molar-refractivity contribution < 1.29 is 9.53 Å². The molecule has 0 saturated heterocycles. The van der Waals surface area contributed by atoms with Gasteiger partial charge in [-0.15, -0.1) is 0 Å². The number of carbonyl (C=O) groups is 1. The topological polar surface area (TPSA) is 62.2 Å². The van der Waals surface area contributed by atoms with E-state index < -0.39 is 0 Å². The maximum Gasteiger partial charge on any atom is 0.166 e. The fourth-order valence-corrected chi connectivity index (χ4v) is 2.59. The lowest BCUT2D eigenvalue weighted by molar-refractivity contribution is -0.115. The molecule has 0 amide bonds. The number of likely N-dealkylation sites (N-methyl/N-ethyl adjacent to an activating group) is 1. The zero-order valence-electron chi connectivity index (χ0n) is 11.9. The van der Waals surface area contributed by atoms with Gasteiger partial charge in [0.25, 0.3) is 0 Å². The molecular weight excluding hydrogens is 252 g/mol. The minimum atomic E-state index is -0.349. The summed E-state index contributed by atoms with van der Waals surface area (Å²) in [6.45, 7) is 0. The van der Waals surface area contributed by atoms with Gasteiger partial charge in [0, 0.05) is 26.3 Å². The molecule has 20 heavy (non-hydrogen) atoms. The van der Waals surface area contributed by atoms with E-state index in [-0.39, 0.29) is 11.9 Å². The van der Waals surface area contributed by atoms with Gasteiger partial charge in [-0.25, -0.2) is 0 Å². The van der Waals surface area contributed by atoms with Crippen LogP contribution in [0, 0.1) is 5.41 Å². The molecule has 2 N–H and O–H groups in total. The van der Waals surface area contributed by atoms with Gasteiger partial charge in [-0.1, -0.05) is 30.3 Å². The molecule has 1 saturated carbocycles. The number of ketones is 1. The van der Waals surface area contributed by atoms with E-state index in [1.54, 1.807) is 14.2 Å². The summed E-state index contributed by atoms with van der Waals surface area (Å²) in [7, 11) is 3.39. The number of hydrogen-bond donors (Lipinski definition) is 2. The van der Waals surface area contributed by atoms with Crippen molar-refractivity contribution in [1.82, 2.24) is 5.32 Å². The fourth-order valence-electron chi connectivity index (χ4n) is 2.59. The van der Waals surface area contributed by atoms with Gasteiger partial charge in [0.15, 0.2) is 5.78 Å². The van der Waals surface area contributed by atoms with Crippen molar-refractivity contribution in [3.63, 3.8) is 0 Å². The third kappa shape index (κ3) is 2.80. The molecule has 0 aromatic heterocycles. The van der Waals surface area contributed by atoms with E-state index in [1.807, 2.05) is 30.3 Å². The van der Waals surface area contributed by atoms with Gasteiger partial charge >= 0.3 is 0 Å². The number of ether oxygens (including phenoxy) is 1. The Bertz CT molecular complexity index is 517. The molecule has 1 aromatic carbocycles. The van der Waals surface area contributed by atoms with Crippen LogP contribution < -0.4 is 5.32 Å². The Labute approximate surface area is 119 Å². The van der Waals surface area contributed by atoms with E-state index in [0.29, 0.717) is 29.8 Å². The zero-order valence-corrected chi connectivity index (χ0v) is 11.9. The quantitative estimate of drug-likeness (QED) is 0.828. The first-order chi connectivity index (χ1) is 9.69. The van der Waals surface area contributed by atoms with Gasteiger partial charge in [0.1, 0.15) is 6.10 Å². The maximum atomic E-state index is 12.2. The monoisotopic (exact) mass is 272 g/mol. The van der Waals surface area contributed by atoms with Crippen LogP contribution in [-0.2, 0) is 9.53 Å². The van der Waals surface area contributed by atoms with Gasteiger partial charge in [0.2, 0.25) is 0 Å². The predicted octanol–water partition coefficient (Wildman–Crippen LogP) is 2.62. The predicted molar refractivity (Wildman–Crippen MR) is 78.9 cm³/mol. The molecule has 0 radical (unpaired) electrons. The zero-order chi connectivity index (χ0) is 14.5. The fraction of sp³-hybridized carbons (Fsp3) is 0.375. The number of allylic oxidation sites excluding steroid dienone is 1. The minimum absolute atomic E-state index is 0.0311. The third-order valence-corrected chi connectivity index (χ3v) is 3.55. The summed E-state index contributed by atoms with van der Waals surface area (Å²) in [5.41, 5.74) is 2.56. The van der Waals surface area contributed by atoms with E-state index >= 15 is 0 Å². The number of hydrogen-bond acceptors (Lipinski definition) is 4. The number of nitrogens with one attached hydrogen (secondary N) is 2. The molecule has 0 spiro atoms. The second-order valence-electron chi connectivity index (χ2n) is 4.82. The van der Waals surface area contributed by atoms with Gasteiger partial charge in [0.05, 0.1) is 11.3 Å². The van der Waals surface area contributed by atoms with Crippen LogP contribution in [-0.4, -0.2) is 25.7 Å². The number of rotatable bonds is 4. The first-order valence-corrected chi connectivity index (χ1v) is 6.79. The van der Waals surface area contributed by atoms with E-state index in [2.05, 4.69) is 5.32 Å². The molecular formula is C16H20N2O2. The smallest absolute Gasteiger partial charge is 0.166 e. The van der Waals surface area contributed by atoms with E-state index in [1.165, 1.54) is 0 Å². The molecule has 1 atom stereocenters. The second-order valence-corrected chi connectivity index (χ2v) is 4.82. The molecule has 1 aliphatic carbocycles. The summed E-state index contributed by atoms with van der Waals surface area (Å²) in [5, 5.41) is 11.1. The average molecular weight is 272 g/mol. The summed E-state index contributed by atoms with van der Waals surface area (Å²) in [6, 6.07) is 9.74. The Balaban J connectivity index is 2.48. The normalized spacial score (nSPS) is 19.7. The first kappa shape index (κ1) is 14.5. The molecule has 4 heteroatoms. The molecule has 1 unspecified atom stereocenters. The molecule has 1 aliphatic rings. The van der Waals surface area contributed by atoms with Crippen LogP contribution in [0.3, 0.4) is 0 Å². The molecule has 0 aliphatic heterocycles. The van der Waals surface area contributed by atoms with Gasteiger partial charge in [-0.05, 0) is 18.4 Å². The highest BCUT2D eigenvalue weighted by Crippen LogP contribution is 2.29. The van der Waals surface area contributed by atoms with Crippen molar-refractivity contribution in [2.75, 3.05) is 14.2 Å². The lowest BCUT2D eigenvalue weighted by Gasteiger charge is -2.25. The molecule has 1 fully saturated rings. The molecule has 4 nitrogen and oxygen atoms in total. The van der Waals surface area contributed by atoms with Crippen molar-refractivity contribution >= 4 is 11.5 Å². The van der Waals surface area contributed by atoms with Crippen LogP contribution in [0.4, 0.5) is 0 Å². The van der Waals surface area contributed by atoms with E-state index in [9.17, 15) is 4.79 Å². The van der Waals surface area contributed by atoms with Gasteiger partial charge in [-0.2, -0.15) is 0 Å². The molecule has 2 rings (SSSR count). The van der Waals surface area contributed by atoms with Crippen molar-refractivity contribution in [3.8, 4) is 0 Å². The second kappa shape index (κ2) is 6.48. The van der Waals surface area contributed by atoms with Crippen LogP contribution in [0.25, 0.3) is 0 Å². The van der Waals surface area contributed by atoms with Crippen molar-refractivity contribution in [1.29, 1.82) is 5.41 Å². The van der Waals surface area contributed by atoms with E-state index in [0.717, 1.165) is 12.0 Å². The highest BCUT2D eigenvalue weighted by Gasteiger charge is 2.28. The summed E-state index contributed by atoms with van der Waals surface area (Å²) in [6.07, 6.45) is 1.57. The SMILES string of the molecule is CN/C(=C1\C(=N)CCCC1=O)C(OC)c1ccccc1. The molecule has 0 bridgehead atoms. The molecule has 1 aromatic rings. The molecule has 106 valence electrons. The Morgan fingerprint density at radius 3 is 2.55 bits per heavy atom. The minimum Gasteiger partial charge on any atom is -0.388 e. The highest BCUT2D eigenvalue weighted by atomic mass is 16.5. The Kier molecular flexibility index (Phi) is 4.69. The van der Waals surface area contributed by atoms with Crippen LogP contribution in [0.1, 0.15) is 30.9 Å². The standard InChI is InChI=1S/C16H20N2O2/c1-18-15(14-12(17)9-6-10-13(14)19)16(20-2)11-7-4-3-5-8-11/h3-5,7-8,16-18H,6,9-10H2,1-2H3/b15-14+,17-12?. The number of methoxy groups -OCH3 is 1. The summed E-state index contributed by atoms with van der Waals surface area (Å²) < 4.78 is 5.57. The molecule has 0 heterocycles. The third-order valence-electron chi connectivity index (χ3n) is 3.55. The van der Waals surface area contributed by atoms with Crippen LogP contribution >= 0.6 is 0 Å². The lowest BCUT2D eigenvalue weighted by Crippen LogP contribution is -2.28. The van der Waals surface area contributed by atoms with E-state index in [4.69, 9.17) is 10.1 Å². The Morgan fingerprint density at radius 2 is 2.00 bits per heavy atom. The summed E-state index contributed by atoms with van der Waals surface area (Å²) in [5.74, 6) is 0.0311. The van der Waals surface area contributed by atoms with Gasteiger partial charge < -0.3 is 15.5 Å². The van der Waals surface area contributed by atoms with Crippen LogP contribution in [0.15, 0.2) is 41.6 Å². The van der Waals surface area contributed by atoms with Crippen LogP contribution in [0.5, 0.6) is 0 Å². The number of benzene rings is 1. The Hall–Kier alpha value is -1.94. The average Bonchev–Trinajstić information content (AvgIpc) is 2.47. The summed E-state index contributed by atoms with van der Waals surface area (Å²) in [4.78, 5) is 12.2. The number of carbonyl (C=O) groups excluding carboxylic acids is 1. The van der Waals surface area contributed by atoms with Crippen molar-refractivity contribution in [2.24, 2.45) is 0 Å². The largest absolute Gasteiger partial charge is 0.388 e. The van der Waals surface area contributed by atoms with Crippen molar-refractivity contribution in [3.05, 3.63) is 47.2 Å². The first-order valence-electron chi connectivity index (χ1n) is 6.79. The maximum absolute atomic E-state index is 12.2. The lowest BCUT2D eigenvalue weighted by atomic mass is 9.87. The van der Waals surface area contributed by atoms with Crippen LogP contribution in [0.2, 0.25) is 0 Å². The highest BCUT2D eigenvalue weighted by molar-refractivity contribution is 6.23. The van der Waals surface area contributed by atoms with Crippen molar-refractivity contribution in [2.45, 2.75) is 25.4 Å². The Morgan fingerprint density at radius 1 is 1.30 bits per heavy atom. The summed E-state index contributed by atoms with van der Waals surface area (Å²) >= 11 is 0.